The first-order valence-electron chi connectivity index (χ1n) is 9.71. The van der Waals surface area contributed by atoms with Gasteiger partial charge in [0.15, 0.2) is 16.7 Å². The number of ether oxygens (including phenoxy) is 2. The summed E-state index contributed by atoms with van der Waals surface area (Å²) in [5, 5.41) is 0.877. The maximum atomic E-state index is 12.5. The third-order valence-corrected chi connectivity index (χ3v) is 5.57. The molecule has 1 amide bonds. The number of likely N-dealkylation sites (N-methyl/N-ethyl adjacent to an activating group) is 1. The molecule has 0 aliphatic heterocycles. The Morgan fingerprint density at radius 2 is 1.83 bits per heavy atom. The Balaban J connectivity index is 1.90. The fourth-order valence-electron chi connectivity index (χ4n) is 2.79. The number of carbonyl (C=O) groups excluding carboxylic acids is 1. The number of methoxy groups -OCH3 is 2. The van der Waals surface area contributed by atoms with Gasteiger partial charge in [-0.15, -0.1) is 0 Å². The number of hydrogen-bond donors (Lipinski definition) is 0. The summed E-state index contributed by atoms with van der Waals surface area (Å²) in [6.07, 6.45) is 1.72. The molecule has 0 aliphatic carbocycles. The fraction of sp³-hybridized carbons (Fsp3) is 0.476. The third-order valence-electron chi connectivity index (χ3n) is 4.55. The predicted molar refractivity (Wildman–Crippen MR) is 122 cm³/mol. The van der Waals surface area contributed by atoms with Gasteiger partial charge in [-0.2, -0.15) is 0 Å². The summed E-state index contributed by atoms with van der Waals surface area (Å²) in [6, 6.07) is 7.51. The molecule has 30 heavy (non-hydrogen) atoms. The van der Waals surface area contributed by atoms with Crippen LogP contribution in [0.25, 0.3) is 0 Å². The van der Waals surface area contributed by atoms with Crippen LogP contribution < -0.4 is 14.4 Å². The molecule has 7 nitrogen and oxygen atoms in total. The lowest BCUT2D eigenvalue weighted by molar-refractivity contribution is -0.127. The molecule has 2 rings (SSSR count). The van der Waals surface area contributed by atoms with Crippen LogP contribution in [0.15, 0.2) is 29.4 Å². The van der Waals surface area contributed by atoms with Crippen molar-refractivity contribution in [2.24, 2.45) is 0 Å². The van der Waals surface area contributed by atoms with Crippen LogP contribution >= 0.6 is 23.4 Å². The van der Waals surface area contributed by atoms with Gasteiger partial charge in [0.1, 0.15) is 11.0 Å². The van der Waals surface area contributed by atoms with E-state index in [0.29, 0.717) is 34.8 Å². The SMILES string of the molecule is CCCN(C)c1cc(Cl)nc(SCC(=O)N(C)CCc2ccc(OC)c(OC)c2)n1. The van der Waals surface area contributed by atoms with Crippen LogP contribution in [0, 0.1) is 0 Å². The highest BCUT2D eigenvalue weighted by molar-refractivity contribution is 7.99. The number of nitrogens with zero attached hydrogens (tertiary/aromatic N) is 4. The molecule has 0 spiro atoms. The van der Waals surface area contributed by atoms with Crippen molar-refractivity contribution in [1.82, 2.24) is 14.9 Å². The van der Waals surface area contributed by atoms with E-state index in [9.17, 15) is 4.79 Å². The molecular weight excluding hydrogens is 424 g/mol. The van der Waals surface area contributed by atoms with Crippen molar-refractivity contribution in [3.05, 3.63) is 35.0 Å². The Labute approximate surface area is 187 Å². The molecule has 1 heterocycles. The van der Waals surface area contributed by atoms with Gasteiger partial charge in [0.2, 0.25) is 5.91 Å². The number of rotatable bonds is 11. The summed E-state index contributed by atoms with van der Waals surface area (Å²) in [5.74, 6) is 2.38. The van der Waals surface area contributed by atoms with Crippen molar-refractivity contribution >= 4 is 35.1 Å². The third kappa shape index (κ3) is 6.95. The van der Waals surface area contributed by atoms with Gasteiger partial charge in [-0.25, -0.2) is 9.97 Å². The second-order valence-corrected chi connectivity index (χ2v) is 8.13. The van der Waals surface area contributed by atoms with Crippen molar-refractivity contribution in [3.8, 4) is 11.5 Å². The molecule has 0 bridgehead atoms. The average Bonchev–Trinajstić information content (AvgIpc) is 2.75. The lowest BCUT2D eigenvalue weighted by Crippen LogP contribution is -2.30. The van der Waals surface area contributed by atoms with E-state index in [0.717, 1.165) is 24.3 Å². The molecule has 9 heteroatoms. The first-order chi connectivity index (χ1) is 14.4. The molecule has 1 aromatic carbocycles. The van der Waals surface area contributed by atoms with E-state index < -0.39 is 0 Å². The van der Waals surface area contributed by atoms with Crippen LogP contribution in [0.2, 0.25) is 5.15 Å². The molecule has 164 valence electrons. The van der Waals surface area contributed by atoms with Gasteiger partial charge in [0.05, 0.1) is 20.0 Å². The Kier molecular flexibility index (Phi) is 9.52. The summed E-state index contributed by atoms with van der Waals surface area (Å²) in [5.41, 5.74) is 1.07. The minimum absolute atomic E-state index is 0.00696. The van der Waals surface area contributed by atoms with E-state index in [4.69, 9.17) is 21.1 Å². The number of thioether (sulfide) groups is 1. The number of aromatic nitrogens is 2. The number of hydrogen-bond acceptors (Lipinski definition) is 7. The van der Waals surface area contributed by atoms with Crippen LogP contribution in [0.3, 0.4) is 0 Å². The normalized spacial score (nSPS) is 10.6. The molecule has 2 aromatic rings. The summed E-state index contributed by atoms with van der Waals surface area (Å²) in [6.45, 7) is 3.57. The molecule has 0 aliphatic rings. The van der Waals surface area contributed by atoms with Crippen molar-refractivity contribution < 1.29 is 14.3 Å². The van der Waals surface area contributed by atoms with E-state index >= 15 is 0 Å². The molecule has 0 saturated carbocycles. The van der Waals surface area contributed by atoms with Gasteiger partial charge in [0, 0.05) is 33.3 Å². The van der Waals surface area contributed by atoms with Gasteiger partial charge < -0.3 is 19.3 Å². The number of anilines is 1. The van der Waals surface area contributed by atoms with E-state index in [1.165, 1.54) is 11.8 Å². The van der Waals surface area contributed by atoms with Crippen LogP contribution in [-0.4, -0.2) is 67.9 Å². The molecule has 0 atom stereocenters. The highest BCUT2D eigenvalue weighted by atomic mass is 35.5. The molecule has 0 fully saturated rings. The first-order valence-corrected chi connectivity index (χ1v) is 11.1. The van der Waals surface area contributed by atoms with E-state index in [-0.39, 0.29) is 11.7 Å². The van der Waals surface area contributed by atoms with E-state index in [1.54, 1.807) is 32.2 Å². The lowest BCUT2D eigenvalue weighted by Gasteiger charge is -2.19. The number of carbonyl (C=O) groups is 1. The topological polar surface area (TPSA) is 67.8 Å². The minimum atomic E-state index is 0.00696. The number of benzene rings is 1. The molecule has 0 radical (unpaired) electrons. The fourth-order valence-corrected chi connectivity index (χ4v) is 3.81. The van der Waals surface area contributed by atoms with Crippen molar-refractivity contribution in [2.45, 2.75) is 24.9 Å². The summed E-state index contributed by atoms with van der Waals surface area (Å²) in [4.78, 5) is 25.0. The Hall–Kier alpha value is -2.19. The predicted octanol–water partition coefficient (Wildman–Crippen LogP) is 3.79. The van der Waals surface area contributed by atoms with E-state index in [1.807, 2.05) is 30.1 Å². The van der Waals surface area contributed by atoms with Crippen LogP contribution in [0.1, 0.15) is 18.9 Å². The minimum Gasteiger partial charge on any atom is -0.493 e. The van der Waals surface area contributed by atoms with Gasteiger partial charge in [-0.1, -0.05) is 36.4 Å². The van der Waals surface area contributed by atoms with Crippen LogP contribution in [0.4, 0.5) is 5.82 Å². The highest BCUT2D eigenvalue weighted by Crippen LogP contribution is 2.28. The number of halogens is 1. The second-order valence-electron chi connectivity index (χ2n) is 6.80. The molecule has 0 N–H and O–H groups in total. The summed E-state index contributed by atoms with van der Waals surface area (Å²) >= 11 is 7.42. The van der Waals surface area contributed by atoms with Gasteiger partial charge in [-0.05, 0) is 30.5 Å². The van der Waals surface area contributed by atoms with Crippen molar-refractivity contribution in [3.63, 3.8) is 0 Å². The molecule has 1 aromatic heterocycles. The lowest BCUT2D eigenvalue weighted by atomic mass is 10.1. The second kappa shape index (κ2) is 11.9. The maximum Gasteiger partial charge on any atom is 0.232 e. The van der Waals surface area contributed by atoms with Gasteiger partial charge in [0.25, 0.3) is 0 Å². The quantitative estimate of drug-likeness (QED) is 0.292. The zero-order valence-corrected chi connectivity index (χ0v) is 19.7. The smallest absolute Gasteiger partial charge is 0.232 e. The van der Waals surface area contributed by atoms with E-state index in [2.05, 4.69) is 16.9 Å². The maximum absolute atomic E-state index is 12.5. The molecule has 0 saturated heterocycles. The number of amides is 1. The van der Waals surface area contributed by atoms with Crippen LogP contribution in [-0.2, 0) is 11.2 Å². The van der Waals surface area contributed by atoms with Crippen LogP contribution in [0.5, 0.6) is 11.5 Å². The summed E-state index contributed by atoms with van der Waals surface area (Å²) < 4.78 is 10.6. The zero-order valence-electron chi connectivity index (χ0n) is 18.1. The van der Waals surface area contributed by atoms with Gasteiger partial charge >= 0.3 is 0 Å². The standard InChI is InChI=1S/C21H29ClN4O3S/c1-6-10-25(2)19-13-18(22)23-21(24-19)30-14-20(27)26(3)11-9-15-7-8-16(28-4)17(12-15)29-5/h7-8,12-13H,6,9-11,14H2,1-5H3. The Morgan fingerprint density at radius 3 is 2.50 bits per heavy atom. The average molecular weight is 453 g/mol. The first kappa shape index (κ1) is 24.1. The molecular formula is C21H29ClN4O3S. The van der Waals surface area contributed by atoms with Gasteiger partial charge in [-0.3, -0.25) is 4.79 Å². The zero-order chi connectivity index (χ0) is 22.1. The largest absolute Gasteiger partial charge is 0.493 e. The summed E-state index contributed by atoms with van der Waals surface area (Å²) in [7, 11) is 6.97. The Morgan fingerprint density at radius 1 is 1.10 bits per heavy atom. The highest BCUT2D eigenvalue weighted by Gasteiger charge is 2.13. The Bertz CT molecular complexity index is 853. The monoisotopic (exact) mass is 452 g/mol. The molecule has 0 unspecified atom stereocenters. The van der Waals surface area contributed by atoms with Crippen molar-refractivity contribution in [2.75, 3.05) is 52.1 Å². The van der Waals surface area contributed by atoms with Crippen molar-refractivity contribution in [1.29, 1.82) is 0 Å².